The van der Waals surface area contributed by atoms with Crippen LogP contribution in [-0.4, -0.2) is 32.1 Å². The molecular formula is C23H30N2O4. The maximum absolute atomic E-state index is 12.6. The Morgan fingerprint density at radius 1 is 0.897 bits per heavy atom. The highest BCUT2D eigenvalue weighted by Gasteiger charge is 2.13. The molecule has 0 bridgehead atoms. The molecule has 6 nitrogen and oxygen atoms in total. The van der Waals surface area contributed by atoms with E-state index in [1.54, 1.807) is 49.6 Å². The molecule has 156 valence electrons. The highest BCUT2D eigenvalue weighted by atomic mass is 16.5. The largest absolute Gasteiger partial charge is 0.493 e. The number of hydrogen-bond donors (Lipinski definition) is 2. The van der Waals surface area contributed by atoms with Gasteiger partial charge in [0.1, 0.15) is 0 Å². The molecule has 2 N–H and O–H groups in total. The van der Waals surface area contributed by atoms with Crippen LogP contribution in [0.1, 0.15) is 60.2 Å². The molecule has 0 saturated carbocycles. The molecule has 2 amide bonds. The fourth-order valence-corrected chi connectivity index (χ4v) is 2.84. The zero-order chi connectivity index (χ0) is 21.1. The van der Waals surface area contributed by atoms with Crippen molar-refractivity contribution < 1.29 is 19.1 Å². The molecule has 0 aliphatic heterocycles. The summed E-state index contributed by atoms with van der Waals surface area (Å²) in [5.41, 5.74) is 1.49. The Labute approximate surface area is 172 Å². The first-order chi connectivity index (χ1) is 14.1. The molecule has 0 heterocycles. The SMILES string of the molecule is CCCCCCOc1ccc(C(=O)Nc2cccc(C(=O)NCC)c2)cc1OC. The van der Waals surface area contributed by atoms with Gasteiger partial charge < -0.3 is 20.1 Å². The highest BCUT2D eigenvalue weighted by Crippen LogP contribution is 2.28. The van der Waals surface area contributed by atoms with Gasteiger partial charge in [0.05, 0.1) is 13.7 Å². The van der Waals surface area contributed by atoms with Crippen LogP contribution in [0.25, 0.3) is 0 Å². The monoisotopic (exact) mass is 398 g/mol. The van der Waals surface area contributed by atoms with E-state index in [1.165, 1.54) is 12.8 Å². The fraction of sp³-hybridized carbons (Fsp3) is 0.391. The van der Waals surface area contributed by atoms with Gasteiger partial charge in [-0.05, 0) is 49.7 Å². The second-order valence-electron chi connectivity index (χ2n) is 6.67. The summed E-state index contributed by atoms with van der Waals surface area (Å²) in [6.45, 7) is 5.19. The maximum atomic E-state index is 12.6. The summed E-state index contributed by atoms with van der Waals surface area (Å²) < 4.78 is 11.2. The van der Waals surface area contributed by atoms with Gasteiger partial charge in [-0.3, -0.25) is 9.59 Å². The van der Waals surface area contributed by atoms with E-state index in [1.807, 2.05) is 6.92 Å². The van der Waals surface area contributed by atoms with Gasteiger partial charge in [-0.1, -0.05) is 32.3 Å². The minimum atomic E-state index is -0.286. The third-order valence-electron chi connectivity index (χ3n) is 4.40. The van der Waals surface area contributed by atoms with Gasteiger partial charge in [-0.25, -0.2) is 0 Å². The number of anilines is 1. The Morgan fingerprint density at radius 2 is 1.69 bits per heavy atom. The Balaban J connectivity index is 2.03. The number of carbonyl (C=O) groups is 2. The van der Waals surface area contributed by atoms with Crippen LogP contribution in [0.2, 0.25) is 0 Å². The van der Waals surface area contributed by atoms with Crippen molar-refractivity contribution in [2.45, 2.75) is 39.5 Å². The van der Waals surface area contributed by atoms with Crippen molar-refractivity contribution in [1.29, 1.82) is 0 Å². The van der Waals surface area contributed by atoms with Gasteiger partial charge in [0.25, 0.3) is 11.8 Å². The summed E-state index contributed by atoms with van der Waals surface area (Å²) in [5, 5.41) is 5.56. The number of benzene rings is 2. The van der Waals surface area contributed by atoms with E-state index in [2.05, 4.69) is 17.6 Å². The van der Waals surface area contributed by atoms with E-state index >= 15 is 0 Å². The van der Waals surface area contributed by atoms with Gasteiger partial charge in [-0.15, -0.1) is 0 Å². The van der Waals surface area contributed by atoms with Crippen molar-refractivity contribution in [2.75, 3.05) is 25.6 Å². The van der Waals surface area contributed by atoms with Crippen molar-refractivity contribution in [2.24, 2.45) is 0 Å². The van der Waals surface area contributed by atoms with Crippen LogP contribution in [0, 0.1) is 0 Å². The van der Waals surface area contributed by atoms with Crippen LogP contribution >= 0.6 is 0 Å². The minimum Gasteiger partial charge on any atom is -0.493 e. The first-order valence-corrected chi connectivity index (χ1v) is 10.1. The van der Waals surface area contributed by atoms with Crippen molar-refractivity contribution >= 4 is 17.5 Å². The molecular weight excluding hydrogens is 368 g/mol. The van der Waals surface area contributed by atoms with Crippen LogP contribution in [-0.2, 0) is 0 Å². The maximum Gasteiger partial charge on any atom is 0.255 e. The molecule has 29 heavy (non-hydrogen) atoms. The smallest absolute Gasteiger partial charge is 0.255 e. The van der Waals surface area contributed by atoms with E-state index in [0.717, 1.165) is 12.8 Å². The Hall–Kier alpha value is -3.02. The van der Waals surface area contributed by atoms with Crippen LogP contribution < -0.4 is 20.1 Å². The Kier molecular flexibility index (Phi) is 9.02. The lowest BCUT2D eigenvalue weighted by molar-refractivity contribution is 0.0954. The summed E-state index contributed by atoms with van der Waals surface area (Å²) in [4.78, 5) is 24.6. The zero-order valence-electron chi connectivity index (χ0n) is 17.4. The summed E-state index contributed by atoms with van der Waals surface area (Å²) >= 11 is 0. The lowest BCUT2D eigenvalue weighted by Gasteiger charge is -2.13. The third kappa shape index (κ3) is 6.82. The van der Waals surface area contributed by atoms with Crippen molar-refractivity contribution in [3.05, 3.63) is 53.6 Å². The summed E-state index contributed by atoms with van der Waals surface area (Å²) in [7, 11) is 1.55. The van der Waals surface area contributed by atoms with E-state index in [-0.39, 0.29) is 11.8 Å². The second-order valence-corrected chi connectivity index (χ2v) is 6.67. The zero-order valence-corrected chi connectivity index (χ0v) is 17.4. The van der Waals surface area contributed by atoms with Gasteiger partial charge in [0, 0.05) is 23.4 Å². The standard InChI is InChI=1S/C23H30N2O4/c1-4-6-7-8-14-29-20-13-12-18(16-21(20)28-3)23(27)25-19-11-9-10-17(15-19)22(26)24-5-2/h9-13,15-16H,4-8,14H2,1-3H3,(H,24,26)(H,25,27). The van der Waals surface area contributed by atoms with Crippen molar-refractivity contribution in [1.82, 2.24) is 5.32 Å². The van der Waals surface area contributed by atoms with Gasteiger partial charge in [0.2, 0.25) is 0 Å². The third-order valence-corrected chi connectivity index (χ3v) is 4.40. The molecule has 0 saturated heterocycles. The van der Waals surface area contributed by atoms with Crippen LogP contribution in [0.3, 0.4) is 0 Å². The highest BCUT2D eigenvalue weighted by molar-refractivity contribution is 6.05. The first-order valence-electron chi connectivity index (χ1n) is 10.1. The molecule has 0 aliphatic carbocycles. The van der Waals surface area contributed by atoms with Crippen molar-refractivity contribution in [3.63, 3.8) is 0 Å². The molecule has 0 radical (unpaired) electrons. The fourth-order valence-electron chi connectivity index (χ4n) is 2.84. The molecule has 2 aromatic carbocycles. The Morgan fingerprint density at radius 3 is 2.41 bits per heavy atom. The molecule has 6 heteroatoms. The number of hydrogen-bond acceptors (Lipinski definition) is 4. The van der Waals surface area contributed by atoms with E-state index in [4.69, 9.17) is 9.47 Å². The number of amides is 2. The topological polar surface area (TPSA) is 76.7 Å². The molecule has 2 aromatic rings. The van der Waals surface area contributed by atoms with E-state index in [9.17, 15) is 9.59 Å². The molecule has 0 unspecified atom stereocenters. The molecule has 0 spiro atoms. The Bertz CT molecular complexity index is 820. The molecule has 0 fully saturated rings. The van der Waals surface area contributed by atoms with Gasteiger partial charge >= 0.3 is 0 Å². The molecule has 0 aromatic heterocycles. The minimum absolute atomic E-state index is 0.175. The number of carbonyl (C=O) groups excluding carboxylic acids is 2. The van der Waals surface area contributed by atoms with E-state index in [0.29, 0.717) is 41.5 Å². The number of nitrogens with one attached hydrogen (secondary N) is 2. The number of methoxy groups -OCH3 is 1. The van der Waals surface area contributed by atoms with Crippen LogP contribution in [0.4, 0.5) is 5.69 Å². The molecule has 2 rings (SSSR count). The molecule has 0 aliphatic rings. The summed E-state index contributed by atoms with van der Waals surface area (Å²) in [6.07, 6.45) is 4.50. The number of rotatable bonds is 11. The predicted octanol–water partition coefficient (Wildman–Crippen LogP) is 4.66. The number of unbranched alkanes of at least 4 members (excludes halogenated alkanes) is 3. The quantitative estimate of drug-likeness (QED) is 0.540. The molecule has 0 atom stereocenters. The van der Waals surface area contributed by atoms with Crippen molar-refractivity contribution in [3.8, 4) is 11.5 Å². The van der Waals surface area contributed by atoms with Gasteiger partial charge in [-0.2, -0.15) is 0 Å². The number of ether oxygens (including phenoxy) is 2. The average molecular weight is 399 g/mol. The average Bonchev–Trinajstić information content (AvgIpc) is 2.74. The van der Waals surface area contributed by atoms with Gasteiger partial charge in [0.15, 0.2) is 11.5 Å². The van der Waals surface area contributed by atoms with Crippen LogP contribution in [0.15, 0.2) is 42.5 Å². The van der Waals surface area contributed by atoms with E-state index < -0.39 is 0 Å². The lowest BCUT2D eigenvalue weighted by Crippen LogP contribution is -2.22. The second kappa shape index (κ2) is 11.7. The normalized spacial score (nSPS) is 10.3. The summed E-state index contributed by atoms with van der Waals surface area (Å²) in [6, 6.07) is 11.9. The lowest BCUT2D eigenvalue weighted by atomic mass is 10.1. The summed E-state index contributed by atoms with van der Waals surface area (Å²) in [5.74, 6) is 0.680. The predicted molar refractivity (Wildman–Crippen MR) is 115 cm³/mol. The first kappa shape index (κ1) is 22.3. The van der Waals surface area contributed by atoms with Crippen LogP contribution in [0.5, 0.6) is 11.5 Å².